The average molecular weight is 155 g/mol. The average Bonchev–Trinajstić information content (AvgIpc) is 2.30. The summed E-state index contributed by atoms with van der Waals surface area (Å²) in [6, 6.07) is 0. The van der Waals surface area contributed by atoms with Crippen molar-refractivity contribution in [3.8, 4) is 0 Å². The van der Waals surface area contributed by atoms with E-state index in [0.29, 0.717) is 0 Å². The molecule has 2 aliphatic rings. The lowest BCUT2D eigenvalue weighted by Crippen LogP contribution is -2.38. The quantitative estimate of drug-likeness (QED) is 0.479. The number of hydrogen-bond acceptors (Lipinski definition) is 3. The van der Waals surface area contributed by atoms with Gasteiger partial charge in [-0.1, -0.05) is 6.08 Å². The van der Waals surface area contributed by atoms with Crippen LogP contribution in [0.3, 0.4) is 0 Å². The Morgan fingerprint density at radius 2 is 2.36 bits per heavy atom. The van der Waals surface area contributed by atoms with E-state index >= 15 is 0 Å². The Bertz CT molecular complexity index is 283. The first-order valence-electron chi connectivity index (χ1n) is 3.21. The first-order valence-corrected chi connectivity index (χ1v) is 3.21. The SMILES string of the molecule is O=C1C=CC2C1C2(F)C(=O)[O-]. The Kier molecular flexibility index (Phi) is 0.900. The molecule has 0 amide bonds. The third-order valence-electron chi connectivity index (χ3n) is 2.27. The maximum Gasteiger partial charge on any atom is 0.167 e. The Balaban J connectivity index is 2.33. The van der Waals surface area contributed by atoms with E-state index in [1.54, 1.807) is 0 Å². The number of halogens is 1. The van der Waals surface area contributed by atoms with Crippen molar-refractivity contribution in [2.24, 2.45) is 11.8 Å². The van der Waals surface area contributed by atoms with Gasteiger partial charge in [0.05, 0.1) is 11.9 Å². The van der Waals surface area contributed by atoms with Gasteiger partial charge in [0.25, 0.3) is 0 Å². The molecular formula is C7H4FO3-. The molecule has 0 aromatic heterocycles. The Morgan fingerprint density at radius 3 is 2.64 bits per heavy atom. The van der Waals surface area contributed by atoms with Crippen LogP contribution in [0.2, 0.25) is 0 Å². The summed E-state index contributed by atoms with van der Waals surface area (Å²) >= 11 is 0. The molecule has 0 aromatic carbocycles. The van der Waals surface area contributed by atoms with Crippen LogP contribution in [-0.4, -0.2) is 17.4 Å². The van der Waals surface area contributed by atoms with Gasteiger partial charge >= 0.3 is 0 Å². The third kappa shape index (κ3) is 0.528. The molecule has 11 heavy (non-hydrogen) atoms. The van der Waals surface area contributed by atoms with E-state index in [4.69, 9.17) is 0 Å². The second kappa shape index (κ2) is 1.52. The lowest BCUT2D eigenvalue weighted by molar-refractivity contribution is -0.315. The molecule has 1 fully saturated rings. The number of fused-ring (bicyclic) bond motifs is 1. The molecular weight excluding hydrogens is 151 g/mol. The standard InChI is InChI=1S/C7H5FO3/c8-7(6(10)11)3-1-2-4(9)5(3)7/h1-3,5H,(H,10,11)/p-1. The smallest absolute Gasteiger partial charge is 0.167 e. The zero-order chi connectivity index (χ0) is 8.22. The predicted molar refractivity (Wildman–Crippen MR) is 30.0 cm³/mol. The van der Waals surface area contributed by atoms with Gasteiger partial charge < -0.3 is 9.90 Å². The Morgan fingerprint density at radius 1 is 1.73 bits per heavy atom. The number of carboxylic acid groups (broad SMARTS) is 1. The molecule has 0 radical (unpaired) electrons. The molecule has 4 heteroatoms. The van der Waals surface area contributed by atoms with Gasteiger partial charge in [-0.25, -0.2) is 4.39 Å². The van der Waals surface area contributed by atoms with Gasteiger partial charge in [0, 0.05) is 5.92 Å². The molecule has 3 atom stereocenters. The lowest BCUT2D eigenvalue weighted by Gasteiger charge is -2.08. The molecule has 0 spiro atoms. The number of allylic oxidation sites excluding steroid dienone is 2. The summed E-state index contributed by atoms with van der Waals surface area (Å²) in [5.74, 6) is -3.97. The van der Waals surface area contributed by atoms with Crippen molar-refractivity contribution in [2.75, 3.05) is 0 Å². The van der Waals surface area contributed by atoms with E-state index in [1.807, 2.05) is 0 Å². The summed E-state index contributed by atoms with van der Waals surface area (Å²) in [6.45, 7) is 0. The van der Waals surface area contributed by atoms with Crippen molar-refractivity contribution in [3.05, 3.63) is 12.2 Å². The van der Waals surface area contributed by atoms with Crippen LogP contribution >= 0.6 is 0 Å². The Hall–Kier alpha value is -1.19. The highest BCUT2D eigenvalue weighted by Gasteiger charge is 2.71. The zero-order valence-electron chi connectivity index (χ0n) is 5.41. The first kappa shape index (κ1) is 6.52. The number of hydrogen-bond donors (Lipinski definition) is 0. The van der Waals surface area contributed by atoms with Crippen LogP contribution in [0, 0.1) is 11.8 Å². The monoisotopic (exact) mass is 155 g/mol. The molecule has 0 bridgehead atoms. The van der Waals surface area contributed by atoms with Gasteiger partial charge in [0.15, 0.2) is 11.5 Å². The van der Waals surface area contributed by atoms with Crippen LogP contribution in [-0.2, 0) is 9.59 Å². The van der Waals surface area contributed by atoms with Crippen molar-refractivity contribution in [1.29, 1.82) is 0 Å². The number of carbonyl (C=O) groups is 2. The molecule has 0 heterocycles. The maximum absolute atomic E-state index is 13.0. The van der Waals surface area contributed by atoms with Gasteiger partial charge in [0.2, 0.25) is 0 Å². The largest absolute Gasteiger partial charge is 0.547 e. The molecule has 0 aromatic rings. The fourth-order valence-electron chi connectivity index (χ4n) is 1.58. The molecule has 2 aliphatic carbocycles. The van der Waals surface area contributed by atoms with Gasteiger partial charge in [-0.15, -0.1) is 0 Å². The van der Waals surface area contributed by atoms with Crippen LogP contribution < -0.4 is 5.11 Å². The third-order valence-corrected chi connectivity index (χ3v) is 2.27. The highest BCUT2D eigenvalue weighted by atomic mass is 19.1. The summed E-state index contributed by atoms with van der Waals surface area (Å²) < 4.78 is 13.0. The number of carbonyl (C=O) groups excluding carboxylic acids is 2. The van der Waals surface area contributed by atoms with E-state index in [-0.39, 0.29) is 0 Å². The number of ketones is 1. The molecule has 0 saturated heterocycles. The summed E-state index contributed by atoms with van der Waals surface area (Å²) in [7, 11) is 0. The molecule has 3 unspecified atom stereocenters. The predicted octanol–water partition coefficient (Wildman–Crippen LogP) is -1.17. The minimum absolute atomic E-state index is 0.443. The van der Waals surface area contributed by atoms with Crippen LogP contribution in [0.4, 0.5) is 4.39 Å². The van der Waals surface area contributed by atoms with Gasteiger partial charge in [-0.05, 0) is 6.08 Å². The van der Waals surface area contributed by atoms with Crippen molar-refractivity contribution in [2.45, 2.75) is 5.67 Å². The molecule has 1 saturated carbocycles. The fraction of sp³-hybridized carbons (Fsp3) is 0.429. The van der Waals surface area contributed by atoms with E-state index in [1.165, 1.54) is 12.2 Å². The lowest BCUT2D eigenvalue weighted by atomic mass is 10.2. The van der Waals surface area contributed by atoms with Crippen LogP contribution in [0.5, 0.6) is 0 Å². The second-order valence-electron chi connectivity index (χ2n) is 2.82. The molecule has 0 N–H and O–H groups in total. The van der Waals surface area contributed by atoms with Crippen LogP contribution in [0.15, 0.2) is 12.2 Å². The van der Waals surface area contributed by atoms with Crippen molar-refractivity contribution in [3.63, 3.8) is 0 Å². The van der Waals surface area contributed by atoms with E-state index in [2.05, 4.69) is 0 Å². The van der Waals surface area contributed by atoms with Gasteiger partial charge in [-0.2, -0.15) is 0 Å². The summed E-state index contributed by atoms with van der Waals surface area (Å²) in [5.41, 5.74) is -2.40. The zero-order valence-corrected chi connectivity index (χ0v) is 5.41. The minimum atomic E-state index is -2.40. The van der Waals surface area contributed by atoms with E-state index < -0.39 is 29.3 Å². The number of rotatable bonds is 1. The minimum Gasteiger partial charge on any atom is -0.547 e. The van der Waals surface area contributed by atoms with Crippen molar-refractivity contribution in [1.82, 2.24) is 0 Å². The highest BCUT2D eigenvalue weighted by Crippen LogP contribution is 2.58. The summed E-state index contributed by atoms with van der Waals surface area (Å²) in [6.07, 6.45) is 2.51. The first-order chi connectivity index (χ1) is 5.08. The number of carboxylic acids is 1. The molecule has 58 valence electrons. The second-order valence-corrected chi connectivity index (χ2v) is 2.82. The molecule has 2 rings (SSSR count). The normalized spacial score (nSPS) is 45.7. The molecule has 0 aliphatic heterocycles. The van der Waals surface area contributed by atoms with Crippen molar-refractivity contribution < 1.29 is 19.1 Å². The van der Waals surface area contributed by atoms with Gasteiger partial charge in [-0.3, -0.25) is 4.79 Å². The maximum atomic E-state index is 13.0. The van der Waals surface area contributed by atoms with Crippen LogP contribution in [0.25, 0.3) is 0 Å². The van der Waals surface area contributed by atoms with Gasteiger partial charge in [0.1, 0.15) is 0 Å². The fourth-order valence-corrected chi connectivity index (χ4v) is 1.58. The highest BCUT2D eigenvalue weighted by molar-refractivity contribution is 6.05. The number of alkyl halides is 1. The summed E-state index contributed by atoms with van der Waals surface area (Å²) in [4.78, 5) is 20.9. The van der Waals surface area contributed by atoms with Crippen LogP contribution in [0.1, 0.15) is 0 Å². The van der Waals surface area contributed by atoms with E-state index in [0.717, 1.165) is 0 Å². The molecule has 3 nitrogen and oxygen atoms in total. The topological polar surface area (TPSA) is 57.2 Å². The van der Waals surface area contributed by atoms with Crippen molar-refractivity contribution >= 4 is 11.8 Å². The Labute approximate surface area is 61.5 Å². The van der Waals surface area contributed by atoms with E-state index in [9.17, 15) is 19.1 Å². The summed E-state index contributed by atoms with van der Waals surface area (Å²) in [5, 5.41) is 10.2. The number of aliphatic carboxylic acids is 1.